The zero-order valence-corrected chi connectivity index (χ0v) is 11.6. The maximum absolute atomic E-state index is 12.2. The number of carboxylic acids is 1. The van der Waals surface area contributed by atoms with Gasteiger partial charge in [0.15, 0.2) is 0 Å². The second-order valence-corrected chi connectivity index (χ2v) is 4.65. The summed E-state index contributed by atoms with van der Waals surface area (Å²) in [5.74, 6) is -1.00. The fourth-order valence-corrected chi connectivity index (χ4v) is 2.18. The molecule has 7 heteroatoms. The number of likely N-dealkylation sites (N-methyl/N-ethyl adjacent to an activating group) is 1. The molecule has 0 radical (unpaired) electrons. The largest absolute Gasteiger partial charge is 0.480 e. The molecule has 1 aliphatic heterocycles. The third kappa shape index (κ3) is 3.59. The number of hydrogen-bond acceptors (Lipinski definition) is 3. The molecular formula is C12H21N3O4. The van der Waals surface area contributed by atoms with Crippen LogP contribution in [0.25, 0.3) is 0 Å². The summed E-state index contributed by atoms with van der Waals surface area (Å²) >= 11 is 0. The van der Waals surface area contributed by atoms with Gasteiger partial charge in [0, 0.05) is 40.2 Å². The zero-order valence-electron chi connectivity index (χ0n) is 11.6. The lowest BCUT2D eigenvalue weighted by atomic mass is 10.2. The normalized spacial score (nSPS) is 17.0. The highest BCUT2D eigenvalue weighted by Gasteiger charge is 2.30. The Balaban J connectivity index is 2.59. The van der Waals surface area contributed by atoms with Crippen molar-refractivity contribution in [3.63, 3.8) is 0 Å². The Morgan fingerprint density at radius 3 is 2.00 bits per heavy atom. The van der Waals surface area contributed by atoms with Crippen molar-refractivity contribution in [2.45, 2.75) is 26.3 Å². The van der Waals surface area contributed by atoms with E-state index in [9.17, 15) is 14.4 Å². The summed E-state index contributed by atoms with van der Waals surface area (Å²) in [6, 6.07) is -1.10. The van der Waals surface area contributed by atoms with Gasteiger partial charge in [-0.1, -0.05) is 6.92 Å². The smallest absolute Gasteiger partial charge is 0.326 e. The van der Waals surface area contributed by atoms with Gasteiger partial charge in [-0.2, -0.15) is 0 Å². The van der Waals surface area contributed by atoms with E-state index in [1.807, 2.05) is 0 Å². The lowest BCUT2D eigenvalue weighted by Crippen LogP contribution is -2.55. The fraction of sp³-hybridized carbons (Fsp3) is 0.750. The van der Waals surface area contributed by atoms with E-state index >= 15 is 0 Å². The average Bonchev–Trinajstić information content (AvgIpc) is 2.38. The molecule has 3 amide bonds. The molecule has 1 aliphatic rings. The van der Waals surface area contributed by atoms with Crippen LogP contribution in [0.2, 0.25) is 0 Å². The molecule has 1 rings (SSSR count). The molecule has 108 valence electrons. The molecular weight excluding hydrogens is 250 g/mol. The van der Waals surface area contributed by atoms with Crippen molar-refractivity contribution in [3.8, 4) is 0 Å². The highest BCUT2D eigenvalue weighted by molar-refractivity contribution is 5.82. The number of nitrogens with zero attached hydrogens (tertiary/aromatic N) is 3. The quantitative estimate of drug-likeness (QED) is 0.787. The van der Waals surface area contributed by atoms with Crippen LogP contribution in [-0.2, 0) is 9.59 Å². The van der Waals surface area contributed by atoms with E-state index in [2.05, 4.69) is 0 Å². The molecule has 1 heterocycles. The molecule has 0 saturated carbocycles. The summed E-state index contributed by atoms with van der Waals surface area (Å²) in [5, 5.41) is 9.04. The summed E-state index contributed by atoms with van der Waals surface area (Å²) in [4.78, 5) is 38.9. The molecule has 19 heavy (non-hydrogen) atoms. The van der Waals surface area contributed by atoms with Crippen LogP contribution in [-0.4, -0.2) is 77.0 Å². The van der Waals surface area contributed by atoms with Crippen molar-refractivity contribution in [3.05, 3.63) is 0 Å². The number of urea groups is 1. The van der Waals surface area contributed by atoms with Crippen LogP contribution in [0.1, 0.15) is 20.3 Å². The first kappa shape index (κ1) is 15.3. The first-order chi connectivity index (χ1) is 8.88. The molecule has 0 aromatic heterocycles. The van der Waals surface area contributed by atoms with Crippen LogP contribution < -0.4 is 0 Å². The van der Waals surface area contributed by atoms with Crippen molar-refractivity contribution in [1.82, 2.24) is 14.7 Å². The minimum atomic E-state index is -0.999. The van der Waals surface area contributed by atoms with Gasteiger partial charge < -0.3 is 19.8 Å². The van der Waals surface area contributed by atoms with Crippen LogP contribution in [0, 0.1) is 0 Å². The topological polar surface area (TPSA) is 81.2 Å². The highest BCUT2D eigenvalue weighted by Crippen LogP contribution is 2.09. The molecule has 0 spiro atoms. The number of aliphatic carboxylic acids is 1. The molecule has 0 aromatic carbocycles. The number of piperazine rings is 1. The van der Waals surface area contributed by atoms with Crippen LogP contribution >= 0.6 is 0 Å². The van der Waals surface area contributed by atoms with E-state index in [0.717, 1.165) is 0 Å². The lowest BCUT2D eigenvalue weighted by molar-refractivity contribution is -0.142. The molecule has 1 unspecified atom stereocenters. The molecule has 0 aliphatic carbocycles. The Bertz CT molecular complexity index is 364. The molecule has 1 saturated heterocycles. The van der Waals surface area contributed by atoms with E-state index in [1.54, 1.807) is 16.7 Å². The Morgan fingerprint density at radius 1 is 1.16 bits per heavy atom. The summed E-state index contributed by atoms with van der Waals surface area (Å²) < 4.78 is 0. The van der Waals surface area contributed by atoms with Gasteiger partial charge in [-0.15, -0.1) is 0 Å². The van der Waals surface area contributed by atoms with Crippen molar-refractivity contribution >= 4 is 17.9 Å². The van der Waals surface area contributed by atoms with Gasteiger partial charge >= 0.3 is 12.0 Å². The van der Waals surface area contributed by atoms with Gasteiger partial charge in [-0.05, 0) is 6.42 Å². The van der Waals surface area contributed by atoms with Gasteiger partial charge in [0.1, 0.15) is 6.04 Å². The van der Waals surface area contributed by atoms with Gasteiger partial charge in [-0.3, -0.25) is 4.79 Å². The monoisotopic (exact) mass is 271 g/mol. The minimum Gasteiger partial charge on any atom is -0.480 e. The first-order valence-electron chi connectivity index (χ1n) is 6.38. The predicted molar refractivity (Wildman–Crippen MR) is 68.7 cm³/mol. The van der Waals surface area contributed by atoms with Crippen molar-refractivity contribution < 1.29 is 19.5 Å². The Hall–Kier alpha value is -1.79. The second-order valence-electron chi connectivity index (χ2n) is 4.65. The second kappa shape index (κ2) is 6.40. The standard InChI is InChI=1S/C12H21N3O4/c1-4-10(11(17)18)13(3)12(19)15-7-5-14(6-8-15)9(2)16/h10H,4-8H2,1-3H3,(H,17,18). The van der Waals surface area contributed by atoms with Gasteiger partial charge in [0.2, 0.25) is 5.91 Å². The van der Waals surface area contributed by atoms with E-state index < -0.39 is 12.0 Å². The van der Waals surface area contributed by atoms with Crippen molar-refractivity contribution in [2.75, 3.05) is 33.2 Å². The predicted octanol–water partition coefficient (Wildman–Crippen LogP) is 0.0655. The Labute approximate surface area is 112 Å². The number of carbonyl (C=O) groups excluding carboxylic acids is 2. The van der Waals surface area contributed by atoms with E-state index in [-0.39, 0.29) is 11.9 Å². The van der Waals surface area contributed by atoms with E-state index in [1.165, 1.54) is 18.9 Å². The molecule has 7 nitrogen and oxygen atoms in total. The number of carboxylic acid groups (broad SMARTS) is 1. The zero-order chi connectivity index (χ0) is 14.6. The van der Waals surface area contributed by atoms with E-state index in [4.69, 9.17) is 5.11 Å². The lowest BCUT2D eigenvalue weighted by Gasteiger charge is -2.37. The number of hydrogen-bond donors (Lipinski definition) is 1. The highest BCUT2D eigenvalue weighted by atomic mass is 16.4. The molecule has 0 bridgehead atoms. The van der Waals surface area contributed by atoms with E-state index in [0.29, 0.717) is 32.6 Å². The van der Waals surface area contributed by atoms with Gasteiger partial charge in [0.25, 0.3) is 0 Å². The third-order valence-corrected chi connectivity index (χ3v) is 3.44. The molecule has 1 N–H and O–H groups in total. The molecule has 1 fully saturated rings. The summed E-state index contributed by atoms with van der Waals surface area (Å²) in [7, 11) is 1.50. The maximum Gasteiger partial charge on any atom is 0.326 e. The minimum absolute atomic E-state index is 0.00238. The van der Waals surface area contributed by atoms with Gasteiger partial charge in [-0.25, -0.2) is 9.59 Å². The number of carbonyl (C=O) groups is 3. The summed E-state index contributed by atoms with van der Waals surface area (Å²) in [6.07, 6.45) is 0.366. The third-order valence-electron chi connectivity index (χ3n) is 3.44. The van der Waals surface area contributed by atoms with Crippen molar-refractivity contribution in [1.29, 1.82) is 0 Å². The SMILES string of the molecule is CCC(C(=O)O)N(C)C(=O)N1CCN(C(C)=O)CC1. The number of amides is 3. The summed E-state index contributed by atoms with van der Waals surface area (Å²) in [6.45, 7) is 5.12. The Morgan fingerprint density at radius 2 is 1.63 bits per heavy atom. The summed E-state index contributed by atoms with van der Waals surface area (Å²) in [5.41, 5.74) is 0. The molecule has 0 aromatic rings. The Kier molecular flexibility index (Phi) is 5.14. The maximum atomic E-state index is 12.2. The molecule has 1 atom stereocenters. The van der Waals surface area contributed by atoms with Crippen LogP contribution in [0.4, 0.5) is 4.79 Å². The van der Waals surface area contributed by atoms with Gasteiger partial charge in [0.05, 0.1) is 0 Å². The van der Waals surface area contributed by atoms with Crippen molar-refractivity contribution in [2.24, 2.45) is 0 Å². The fourth-order valence-electron chi connectivity index (χ4n) is 2.18. The van der Waals surface area contributed by atoms with Crippen LogP contribution in [0.3, 0.4) is 0 Å². The average molecular weight is 271 g/mol. The van der Waals surface area contributed by atoms with Crippen LogP contribution in [0.5, 0.6) is 0 Å². The first-order valence-corrected chi connectivity index (χ1v) is 6.38. The number of rotatable bonds is 3. The van der Waals surface area contributed by atoms with Crippen LogP contribution in [0.15, 0.2) is 0 Å².